The van der Waals surface area contributed by atoms with Gasteiger partial charge in [0.1, 0.15) is 17.5 Å². The lowest BCUT2D eigenvalue weighted by atomic mass is 10.1. The van der Waals surface area contributed by atoms with Crippen molar-refractivity contribution in [2.75, 3.05) is 0 Å². The van der Waals surface area contributed by atoms with Crippen LogP contribution in [0, 0.1) is 11.3 Å². The monoisotopic (exact) mass is 362 g/mol. The van der Waals surface area contributed by atoms with Crippen molar-refractivity contribution in [1.29, 1.82) is 5.26 Å². The number of aromatic nitrogens is 4. The van der Waals surface area contributed by atoms with Crippen LogP contribution in [0.25, 0.3) is 21.9 Å². The van der Waals surface area contributed by atoms with Gasteiger partial charge in [0.25, 0.3) is 5.91 Å². The van der Waals surface area contributed by atoms with E-state index in [1.54, 1.807) is 6.20 Å². The Balaban J connectivity index is 1.78. The first-order valence-corrected chi connectivity index (χ1v) is 8.05. The summed E-state index contributed by atoms with van der Waals surface area (Å²) in [4.78, 5) is 27.3. The first-order valence-electron chi connectivity index (χ1n) is 7.67. The van der Waals surface area contributed by atoms with Gasteiger partial charge >= 0.3 is 0 Å². The number of rotatable bonds is 3. The van der Waals surface area contributed by atoms with E-state index in [0.717, 1.165) is 16.5 Å². The van der Waals surface area contributed by atoms with Gasteiger partial charge in [0.05, 0.1) is 21.5 Å². The lowest BCUT2D eigenvalue weighted by Gasteiger charge is -2.05. The molecule has 3 N–H and O–H groups in total. The van der Waals surface area contributed by atoms with Crippen molar-refractivity contribution >= 4 is 39.4 Å². The summed E-state index contributed by atoms with van der Waals surface area (Å²) in [5.41, 5.74) is 7.85. The SMILES string of the molecule is N#Cc1nc(Cc2ccc3ncc(Cl)cc3c2)nc2[nH]cc(C(N)=O)c12. The van der Waals surface area contributed by atoms with E-state index in [9.17, 15) is 10.1 Å². The zero-order valence-electron chi connectivity index (χ0n) is 13.3. The van der Waals surface area contributed by atoms with E-state index in [4.69, 9.17) is 17.3 Å². The van der Waals surface area contributed by atoms with Crippen LogP contribution in [0.1, 0.15) is 27.4 Å². The topological polar surface area (TPSA) is 121 Å². The van der Waals surface area contributed by atoms with E-state index in [-0.39, 0.29) is 11.3 Å². The minimum atomic E-state index is -0.636. The fourth-order valence-corrected chi connectivity index (χ4v) is 3.05. The molecule has 0 saturated carbocycles. The second-order valence-corrected chi connectivity index (χ2v) is 6.18. The molecule has 8 heteroatoms. The molecule has 3 aromatic heterocycles. The lowest BCUT2D eigenvalue weighted by molar-refractivity contribution is 0.100. The number of hydrogen-bond donors (Lipinski definition) is 2. The summed E-state index contributed by atoms with van der Waals surface area (Å²) in [5.74, 6) is -0.177. The molecule has 4 aromatic rings. The van der Waals surface area contributed by atoms with Crippen molar-refractivity contribution in [2.45, 2.75) is 6.42 Å². The maximum atomic E-state index is 11.5. The Hall–Kier alpha value is -3.50. The zero-order valence-corrected chi connectivity index (χ0v) is 14.1. The molecule has 0 saturated heterocycles. The van der Waals surface area contributed by atoms with Crippen LogP contribution in [0.3, 0.4) is 0 Å². The van der Waals surface area contributed by atoms with Crippen LogP contribution in [-0.4, -0.2) is 25.8 Å². The Morgan fingerprint density at radius 3 is 2.92 bits per heavy atom. The molecule has 0 aliphatic rings. The highest BCUT2D eigenvalue weighted by Gasteiger charge is 2.17. The van der Waals surface area contributed by atoms with Crippen molar-refractivity contribution in [3.05, 3.63) is 64.3 Å². The largest absolute Gasteiger partial charge is 0.366 e. The number of nitrogens with one attached hydrogen (secondary N) is 1. The number of carbonyl (C=O) groups excluding carboxylic acids is 1. The Bertz CT molecular complexity index is 1220. The molecule has 0 radical (unpaired) electrons. The number of benzene rings is 1. The molecule has 1 aromatic carbocycles. The quantitative estimate of drug-likeness (QED) is 0.580. The standard InChI is InChI=1S/C18H11ClN6O/c19-11-5-10-3-9(1-2-13(10)22-7-11)4-15-24-14(6-20)16-12(17(21)26)8-23-18(16)25-15/h1-3,5,7-8H,4H2,(H2,21,26)(H,23,24,25). The van der Waals surface area contributed by atoms with Gasteiger partial charge in [-0.1, -0.05) is 17.7 Å². The number of nitrogens with zero attached hydrogens (tertiary/aromatic N) is 4. The van der Waals surface area contributed by atoms with E-state index >= 15 is 0 Å². The van der Waals surface area contributed by atoms with Crippen LogP contribution in [0.4, 0.5) is 0 Å². The number of pyridine rings is 1. The van der Waals surface area contributed by atoms with Crippen LogP contribution >= 0.6 is 11.6 Å². The molecule has 1 amide bonds. The summed E-state index contributed by atoms with van der Waals surface area (Å²) in [6.07, 6.45) is 3.45. The second-order valence-electron chi connectivity index (χ2n) is 5.75. The number of nitriles is 1. The van der Waals surface area contributed by atoms with Gasteiger partial charge in [0.15, 0.2) is 5.69 Å². The number of hydrogen-bond acceptors (Lipinski definition) is 5. The van der Waals surface area contributed by atoms with E-state index < -0.39 is 5.91 Å². The Morgan fingerprint density at radius 2 is 2.15 bits per heavy atom. The van der Waals surface area contributed by atoms with E-state index in [0.29, 0.717) is 28.3 Å². The highest BCUT2D eigenvalue weighted by atomic mass is 35.5. The maximum Gasteiger partial charge on any atom is 0.251 e. The number of H-pyrrole nitrogens is 1. The Kier molecular flexibility index (Phi) is 3.75. The van der Waals surface area contributed by atoms with Gasteiger partial charge in [-0.3, -0.25) is 9.78 Å². The number of aromatic amines is 1. The average Bonchev–Trinajstić information content (AvgIpc) is 3.05. The summed E-state index contributed by atoms with van der Waals surface area (Å²) >= 11 is 6.00. The van der Waals surface area contributed by atoms with Gasteiger partial charge in [-0.2, -0.15) is 5.26 Å². The first-order chi connectivity index (χ1) is 12.5. The molecule has 0 atom stereocenters. The summed E-state index contributed by atoms with van der Waals surface area (Å²) in [7, 11) is 0. The van der Waals surface area contributed by atoms with Crippen molar-refractivity contribution in [2.24, 2.45) is 5.73 Å². The molecule has 0 aliphatic carbocycles. The van der Waals surface area contributed by atoms with Gasteiger partial charge in [-0.05, 0) is 23.8 Å². The summed E-state index contributed by atoms with van der Waals surface area (Å²) in [6, 6.07) is 9.62. The normalized spacial score (nSPS) is 10.9. The molecule has 126 valence electrons. The fourth-order valence-electron chi connectivity index (χ4n) is 2.88. The van der Waals surface area contributed by atoms with Crippen LogP contribution in [-0.2, 0) is 6.42 Å². The number of carbonyl (C=O) groups is 1. The summed E-state index contributed by atoms with van der Waals surface area (Å²) in [5, 5.41) is 11.2. The lowest BCUT2D eigenvalue weighted by Crippen LogP contribution is -2.11. The van der Waals surface area contributed by atoms with Crippen molar-refractivity contribution in [3.8, 4) is 6.07 Å². The number of fused-ring (bicyclic) bond motifs is 2. The van der Waals surface area contributed by atoms with E-state index in [2.05, 4.69) is 19.9 Å². The van der Waals surface area contributed by atoms with Crippen molar-refractivity contribution in [1.82, 2.24) is 19.9 Å². The molecule has 0 bridgehead atoms. The molecule has 7 nitrogen and oxygen atoms in total. The van der Waals surface area contributed by atoms with Crippen molar-refractivity contribution in [3.63, 3.8) is 0 Å². The van der Waals surface area contributed by atoms with Gasteiger partial charge in [-0.25, -0.2) is 9.97 Å². The number of halogens is 1. The highest BCUT2D eigenvalue weighted by molar-refractivity contribution is 6.31. The maximum absolute atomic E-state index is 11.5. The molecular formula is C18H11ClN6O. The van der Waals surface area contributed by atoms with Crippen LogP contribution in [0.2, 0.25) is 5.02 Å². The molecule has 3 heterocycles. The zero-order chi connectivity index (χ0) is 18.3. The minimum Gasteiger partial charge on any atom is -0.366 e. The van der Waals surface area contributed by atoms with Gasteiger partial charge in [0.2, 0.25) is 0 Å². The molecule has 4 rings (SSSR count). The molecule has 0 spiro atoms. The third kappa shape index (κ3) is 2.72. The Morgan fingerprint density at radius 1 is 1.31 bits per heavy atom. The summed E-state index contributed by atoms with van der Waals surface area (Å²) < 4.78 is 0. The highest BCUT2D eigenvalue weighted by Crippen LogP contribution is 2.22. The molecule has 0 unspecified atom stereocenters. The van der Waals surface area contributed by atoms with Crippen LogP contribution in [0.5, 0.6) is 0 Å². The van der Waals surface area contributed by atoms with Gasteiger partial charge in [0, 0.05) is 24.2 Å². The molecule has 0 aliphatic heterocycles. The first kappa shape index (κ1) is 16.0. The van der Waals surface area contributed by atoms with E-state index in [1.807, 2.05) is 30.3 Å². The number of nitrogens with two attached hydrogens (primary N) is 1. The second kappa shape index (κ2) is 6.10. The van der Waals surface area contributed by atoms with Gasteiger partial charge in [-0.15, -0.1) is 0 Å². The molecule has 0 fully saturated rings. The molecular weight excluding hydrogens is 352 g/mol. The molecule has 26 heavy (non-hydrogen) atoms. The third-order valence-electron chi connectivity index (χ3n) is 4.02. The smallest absolute Gasteiger partial charge is 0.251 e. The van der Waals surface area contributed by atoms with Crippen LogP contribution < -0.4 is 5.73 Å². The number of amides is 1. The Labute approximate surface area is 152 Å². The average molecular weight is 363 g/mol. The predicted molar refractivity (Wildman–Crippen MR) is 96.7 cm³/mol. The predicted octanol–water partition coefficient (Wildman–Crippen LogP) is 2.72. The van der Waals surface area contributed by atoms with E-state index in [1.165, 1.54) is 6.20 Å². The summed E-state index contributed by atoms with van der Waals surface area (Å²) in [6.45, 7) is 0. The van der Waals surface area contributed by atoms with Crippen LogP contribution in [0.15, 0.2) is 36.7 Å². The number of primary amides is 1. The van der Waals surface area contributed by atoms with Crippen molar-refractivity contribution < 1.29 is 4.79 Å². The minimum absolute atomic E-state index is 0.116. The third-order valence-corrected chi connectivity index (χ3v) is 4.23. The fraction of sp³-hybridized carbons (Fsp3) is 0.0556. The van der Waals surface area contributed by atoms with Gasteiger partial charge < -0.3 is 10.7 Å².